The van der Waals surface area contributed by atoms with Gasteiger partial charge >= 0.3 is 6.36 Å². The van der Waals surface area contributed by atoms with Crippen molar-refractivity contribution >= 4 is 22.8 Å². The molecule has 2 aromatic heterocycles. The number of carbonyl (C=O) groups is 1. The minimum Gasteiger partial charge on any atom is -0.486 e. The minimum absolute atomic E-state index is 0.0768. The van der Waals surface area contributed by atoms with Gasteiger partial charge in [-0.3, -0.25) is 9.78 Å². The summed E-state index contributed by atoms with van der Waals surface area (Å²) in [4.78, 5) is 19.2. The highest BCUT2D eigenvalue weighted by Gasteiger charge is 2.32. The predicted octanol–water partition coefficient (Wildman–Crippen LogP) is 4.76. The van der Waals surface area contributed by atoms with E-state index < -0.39 is 18.0 Å². The van der Waals surface area contributed by atoms with Gasteiger partial charge in [-0.15, -0.1) is 13.2 Å². The van der Waals surface area contributed by atoms with Crippen LogP contribution in [0, 0.1) is 13.8 Å². The number of carbonyl (C=O) groups excluding carboxylic acids is 1. The Bertz CT molecular complexity index is 1430. The summed E-state index contributed by atoms with van der Waals surface area (Å²) in [5, 5.41) is 6.98. The van der Waals surface area contributed by atoms with E-state index in [0.717, 1.165) is 22.8 Å². The van der Waals surface area contributed by atoms with E-state index in [1.165, 1.54) is 12.1 Å². The number of hydrogen-bond acceptors (Lipinski definition) is 6. The Hall–Kier alpha value is -4.28. The standard InChI is InChI=1S/C25H22F3N5O3/c1-15-4-6-18(36-25(26,27)28)10-20(15)31-24(34)17-5-3-16(2)23(9-17)35-19-13-32(14-19)21-12-30-33-8-7-29-11-22(21)33/h3-12,19H,13-14H2,1-2H3,(H,31,34). The molecule has 1 aliphatic heterocycles. The van der Waals surface area contributed by atoms with Gasteiger partial charge < -0.3 is 19.7 Å². The number of anilines is 2. The number of aromatic nitrogens is 3. The second-order valence-corrected chi connectivity index (χ2v) is 8.54. The third kappa shape index (κ3) is 4.90. The first-order valence-electron chi connectivity index (χ1n) is 11.1. The summed E-state index contributed by atoms with van der Waals surface area (Å²) >= 11 is 0. The molecule has 0 radical (unpaired) electrons. The highest BCUT2D eigenvalue weighted by atomic mass is 19.4. The first-order chi connectivity index (χ1) is 17.2. The molecule has 4 aromatic rings. The van der Waals surface area contributed by atoms with Gasteiger partial charge in [0.05, 0.1) is 31.2 Å². The quantitative estimate of drug-likeness (QED) is 0.414. The Balaban J connectivity index is 1.25. The van der Waals surface area contributed by atoms with Crippen molar-refractivity contribution in [1.82, 2.24) is 14.6 Å². The highest BCUT2D eigenvalue weighted by molar-refractivity contribution is 6.05. The molecule has 2 aromatic carbocycles. The van der Waals surface area contributed by atoms with Crippen LogP contribution in [0.3, 0.4) is 0 Å². The molecule has 3 heterocycles. The Morgan fingerprint density at radius 2 is 1.86 bits per heavy atom. The molecule has 1 amide bonds. The summed E-state index contributed by atoms with van der Waals surface area (Å²) in [6, 6.07) is 8.84. The van der Waals surface area contributed by atoms with Crippen molar-refractivity contribution in [2.75, 3.05) is 23.3 Å². The maximum atomic E-state index is 12.9. The molecule has 1 N–H and O–H groups in total. The first kappa shape index (κ1) is 23.5. The third-order valence-corrected chi connectivity index (χ3v) is 5.93. The number of fused-ring (bicyclic) bond motifs is 1. The van der Waals surface area contributed by atoms with Crippen molar-refractivity contribution < 1.29 is 27.4 Å². The molecule has 1 aliphatic rings. The van der Waals surface area contributed by atoms with E-state index in [1.807, 2.05) is 6.92 Å². The molecule has 1 saturated heterocycles. The van der Waals surface area contributed by atoms with Crippen LogP contribution in [0.4, 0.5) is 24.5 Å². The van der Waals surface area contributed by atoms with Gasteiger partial charge in [-0.2, -0.15) is 5.10 Å². The number of nitrogens with zero attached hydrogens (tertiary/aromatic N) is 4. The number of benzene rings is 2. The molecule has 0 unspecified atom stereocenters. The van der Waals surface area contributed by atoms with Crippen LogP contribution >= 0.6 is 0 Å². The van der Waals surface area contributed by atoms with E-state index in [1.54, 1.807) is 54.4 Å². The van der Waals surface area contributed by atoms with Crippen LogP contribution < -0.4 is 19.7 Å². The minimum atomic E-state index is -4.82. The Labute approximate surface area is 204 Å². The topological polar surface area (TPSA) is 81.0 Å². The predicted molar refractivity (Wildman–Crippen MR) is 127 cm³/mol. The summed E-state index contributed by atoms with van der Waals surface area (Å²) in [5.74, 6) is -0.311. The fourth-order valence-corrected chi connectivity index (χ4v) is 3.95. The van der Waals surface area contributed by atoms with Crippen LogP contribution in [-0.2, 0) is 0 Å². The largest absolute Gasteiger partial charge is 0.573 e. The zero-order chi connectivity index (χ0) is 25.4. The lowest BCUT2D eigenvalue weighted by molar-refractivity contribution is -0.274. The Morgan fingerprint density at radius 3 is 2.64 bits per heavy atom. The number of halogens is 3. The van der Waals surface area contributed by atoms with E-state index in [9.17, 15) is 18.0 Å². The summed E-state index contributed by atoms with van der Waals surface area (Å²) in [6.07, 6.45) is 2.11. The number of aryl methyl sites for hydroxylation is 2. The van der Waals surface area contributed by atoms with Crippen molar-refractivity contribution in [3.8, 4) is 11.5 Å². The molecule has 0 spiro atoms. The normalized spacial score (nSPS) is 14.0. The second-order valence-electron chi connectivity index (χ2n) is 8.54. The lowest BCUT2D eigenvalue weighted by atomic mass is 10.1. The van der Waals surface area contributed by atoms with E-state index >= 15 is 0 Å². The van der Waals surface area contributed by atoms with Crippen molar-refractivity contribution in [1.29, 1.82) is 0 Å². The number of ether oxygens (including phenoxy) is 2. The summed E-state index contributed by atoms with van der Waals surface area (Å²) in [5.41, 5.74) is 3.89. The van der Waals surface area contributed by atoms with Crippen molar-refractivity contribution in [2.24, 2.45) is 0 Å². The van der Waals surface area contributed by atoms with E-state index in [-0.39, 0.29) is 11.8 Å². The molecular formula is C25H22F3N5O3. The van der Waals surface area contributed by atoms with Gasteiger partial charge in [0.2, 0.25) is 0 Å². The summed E-state index contributed by atoms with van der Waals surface area (Å²) in [7, 11) is 0. The lowest BCUT2D eigenvalue weighted by Gasteiger charge is -2.40. The zero-order valence-corrected chi connectivity index (χ0v) is 19.4. The molecule has 0 aliphatic carbocycles. The molecule has 5 rings (SSSR count). The first-order valence-corrected chi connectivity index (χ1v) is 11.1. The Morgan fingerprint density at radius 1 is 1.08 bits per heavy atom. The van der Waals surface area contributed by atoms with Crippen LogP contribution in [0.5, 0.6) is 11.5 Å². The van der Waals surface area contributed by atoms with Crippen LogP contribution in [0.25, 0.3) is 5.52 Å². The number of nitrogens with one attached hydrogen (secondary N) is 1. The molecule has 186 valence electrons. The number of amides is 1. The van der Waals surface area contributed by atoms with Gasteiger partial charge in [0.15, 0.2) is 0 Å². The van der Waals surface area contributed by atoms with Crippen LogP contribution in [-0.4, -0.2) is 46.1 Å². The van der Waals surface area contributed by atoms with Gasteiger partial charge in [-0.25, -0.2) is 4.52 Å². The zero-order valence-electron chi connectivity index (χ0n) is 19.4. The third-order valence-electron chi connectivity index (χ3n) is 5.93. The molecule has 0 atom stereocenters. The maximum Gasteiger partial charge on any atom is 0.573 e. The molecule has 1 fully saturated rings. The summed E-state index contributed by atoms with van der Waals surface area (Å²) < 4.78 is 49.6. The highest BCUT2D eigenvalue weighted by Crippen LogP contribution is 2.30. The summed E-state index contributed by atoms with van der Waals surface area (Å²) in [6.45, 7) is 4.86. The lowest BCUT2D eigenvalue weighted by Crippen LogP contribution is -2.54. The maximum absolute atomic E-state index is 12.9. The average Bonchev–Trinajstić information content (AvgIpc) is 3.22. The molecule has 0 bridgehead atoms. The molecule has 8 nitrogen and oxygen atoms in total. The number of hydrogen-bond donors (Lipinski definition) is 1. The molecule has 36 heavy (non-hydrogen) atoms. The fraction of sp³-hybridized carbons (Fsp3) is 0.240. The SMILES string of the molecule is Cc1ccc(OC(F)(F)F)cc1NC(=O)c1ccc(C)c(OC2CN(c3cnn4ccncc34)C2)c1. The van der Waals surface area contributed by atoms with E-state index in [0.29, 0.717) is 30.0 Å². The molecular weight excluding hydrogens is 475 g/mol. The van der Waals surface area contributed by atoms with Crippen LogP contribution in [0.2, 0.25) is 0 Å². The van der Waals surface area contributed by atoms with Gasteiger partial charge in [-0.05, 0) is 43.2 Å². The van der Waals surface area contributed by atoms with Crippen molar-refractivity contribution in [3.05, 3.63) is 77.9 Å². The smallest absolute Gasteiger partial charge is 0.486 e. The average molecular weight is 497 g/mol. The van der Waals surface area contributed by atoms with Crippen LogP contribution in [0.15, 0.2) is 61.2 Å². The van der Waals surface area contributed by atoms with Gasteiger partial charge in [0.25, 0.3) is 5.91 Å². The van der Waals surface area contributed by atoms with E-state index in [4.69, 9.17) is 4.74 Å². The fourth-order valence-electron chi connectivity index (χ4n) is 3.95. The van der Waals surface area contributed by atoms with Crippen molar-refractivity contribution in [3.63, 3.8) is 0 Å². The van der Waals surface area contributed by atoms with Crippen molar-refractivity contribution in [2.45, 2.75) is 26.3 Å². The molecule has 11 heteroatoms. The van der Waals surface area contributed by atoms with Gasteiger partial charge in [0.1, 0.15) is 23.1 Å². The van der Waals surface area contributed by atoms with Gasteiger partial charge in [0, 0.05) is 29.7 Å². The number of alkyl halides is 3. The Kier molecular flexibility index (Phi) is 5.91. The van der Waals surface area contributed by atoms with E-state index in [2.05, 4.69) is 25.0 Å². The molecule has 0 saturated carbocycles. The second kappa shape index (κ2) is 9.06. The monoisotopic (exact) mass is 497 g/mol. The van der Waals surface area contributed by atoms with Gasteiger partial charge in [-0.1, -0.05) is 12.1 Å². The van der Waals surface area contributed by atoms with Crippen LogP contribution in [0.1, 0.15) is 21.5 Å². The number of rotatable bonds is 6.